The Balaban J connectivity index is 2.21. The minimum atomic E-state index is -1.52. The van der Waals surface area contributed by atoms with Gasteiger partial charge in [0.2, 0.25) is 0 Å². The number of carbonyl (C=O) groups excluding carboxylic acids is 1. The molecule has 5 nitrogen and oxygen atoms in total. The first-order valence-corrected chi connectivity index (χ1v) is 7.17. The van der Waals surface area contributed by atoms with Crippen molar-refractivity contribution in [3.05, 3.63) is 51.1 Å². The van der Waals surface area contributed by atoms with E-state index in [4.69, 9.17) is 9.15 Å². The van der Waals surface area contributed by atoms with E-state index in [0.29, 0.717) is 24.4 Å². The Labute approximate surface area is 127 Å². The van der Waals surface area contributed by atoms with Crippen LogP contribution < -0.4 is 15.5 Å². The van der Waals surface area contributed by atoms with Gasteiger partial charge in [0.15, 0.2) is 0 Å². The molecule has 1 aliphatic rings. The van der Waals surface area contributed by atoms with Crippen molar-refractivity contribution in [1.82, 2.24) is 0 Å². The van der Waals surface area contributed by atoms with E-state index < -0.39 is 17.2 Å². The van der Waals surface area contributed by atoms with Gasteiger partial charge in [0.25, 0.3) is 0 Å². The molecular formula is C17H15O5-. The molecule has 0 radical (unpaired) electrons. The van der Waals surface area contributed by atoms with E-state index in [1.165, 1.54) is 6.07 Å². The standard InChI is InChI=1S/C17H16O5/c1-3-21-14-6-5-11-10(9(14)2)4-7-15-12(11)8-13(16(18)19)17(20)22-15/h5-6,8H,3-4,7H2,1-2H3,(H,18,19)/p-1. The molecule has 0 saturated carbocycles. The van der Waals surface area contributed by atoms with Gasteiger partial charge in [0.05, 0.1) is 18.1 Å². The molecule has 1 aromatic heterocycles. The van der Waals surface area contributed by atoms with Crippen LogP contribution in [0.3, 0.4) is 0 Å². The number of carboxylic acid groups (broad SMARTS) is 1. The van der Waals surface area contributed by atoms with Crippen LogP contribution in [0.25, 0.3) is 11.1 Å². The summed E-state index contributed by atoms with van der Waals surface area (Å²) in [6.45, 7) is 4.49. The summed E-state index contributed by atoms with van der Waals surface area (Å²) in [6.07, 6.45) is 1.28. The van der Waals surface area contributed by atoms with E-state index >= 15 is 0 Å². The Bertz CT molecular complexity index is 817. The molecule has 0 aliphatic heterocycles. The lowest BCUT2D eigenvalue weighted by Crippen LogP contribution is -2.29. The SMILES string of the molecule is CCOc1ccc2c(c1C)CCc1oc(=O)c(C(=O)[O-])cc1-2. The lowest BCUT2D eigenvalue weighted by molar-refractivity contribution is -0.255. The molecule has 0 bridgehead atoms. The van der Waals surface area contributed by atoms with Crippen molar-refractivity contribution in [2.24, 2.45) is 0 Å². The predicted molar refractivity (Wildman–Crippen MR) is 78.1 cm³/mol. The maximum atomic E-state index is 11.6. The maximum Gasteiger partial charge on any atom is 0.345 e. The fraction of sp³-hybridized carbons (Fsp3) is 0.294. The third-order valence-corrected chi connectivity index (χ3v) is 3.99. The highest BCUT2D eigenvalue weighted by atomic mass is 16.5. The summed E-state index contributed by atoms with van der Waals surface area (Å²) in [5.74, 6) is -0.181. The van der Waals surface area contributed by atoms with Crippen molar-refractivity contribution in [2.75, 3.05) is 6.61 Å². The summed E-state index contributed by atoms with van der Waals surface area (Å²) in [5.41, 5.74) is 2.35. The molecule has 5 heteroatoms. The Morgan fingerprint density at radius 3 is 2.77 bits per heavy atom. The molecule has 1 heterocycles. The summed E-state index contributed by atoms with van der Waals surface area (Å²) in [6, 6.07) is 5.09. The van der Waals surface area contributed by atoms with E-state index in [1.54, 1.807) is 0 Å². The van der Waals surface area contributed by atoms with Gasteiger partial charge in [-0.3, -0.25) is 0 Å². The van der Waals surface area contributed by atoms with Gasteiger partial charge in [0, 0.05) is 12.0 Å². The number of benzene rings is 1. The molecule has 114 valence electrons. The first-order chi connectivity index (χ1) is 10.5. The zero-order valence-electron chi connectivity index (χ0n) is 12.4. The molecule has 0 saturated heterocycles. The molecule has 0 spiro atoms. The van der Waals surface area contributed by atoms with E-state index in [0.717, 1.165) is 28.9 Å². The molecule has 0 amide bonds. The topological polar surface area (TPSA) is 79.6 Å². The maximum absolute atomic E-state index is 11.6. The number of carbonyl (C=O) groups is 1. The second kappa shape index (κ2) is 5.33. The summed E-state index contributed by atoms with van der Waals surface area (Å²) in [4.78, 5) is 22.7. The predicted octanol–water partition coefficient (Wildman–Crippen LogP) is 1.48. The van der Waals surface area contributed by atoms with Gasteiger partial charge < -0.3 is 19.1 Å². The van der Waals surface area contributed by atoms with Crippen molar-refractivity contribution in [1.29, 1.82) is 0 Å². The quantitative estimate of drug-likeness (QED) is 0.857. The van der Waals surface area contributed by atoms with Crippen LogP contribution >= 0.6 is 0 Å². The molecule has 22 heavy (non-hydrogen) atoms. The highest BCUT2D eigenvalue weighted by molar-refractivity contribution is 5.88. The van der Waals surface area contributed by atoms with Crippen LogP contribution in [-0.4, -0.2) is 12.6 Å². The molecule has 1 aliphatic carbocycles. The minimum absolute atomic E-state index is 0.446. The molecule has 0 unspecified atom stereocenters. The van der Waals surface area contributed by atoms with Crippen molar-refractivity contribution in [2.45, 2.75) is 26.7 Å². The smallest absolute Gasteiger partial charge is 0.345 e. The van der Waals surface area contributed by atoms with Crippen LogP contribution in [0, 0.1) is 6.92 Å². The van der Waals surface area contributed by atoms with Gasteiger partial charge in [-0.15, -0.1) is 0 Å². The number of rotatable bonds is 3. The zero-order valence-corrected chi connectivity index (χ0v) is 12.4. The van der Waals surface area contributed by atoms with Crippen LogP contribution in [0.2, 0.25) is 0 Å². The highest BCUT2D eigenvalue weighted by Gasteiger charge is 2.23. The van der Waals surface area contributed by atoms with Crippen molar-refractivity contribution >= 4 is 5.97 Å². The van der Waals surface area contributed by atoms with Crippen LogP contribution in [-0.2, 0) is 12.8 Å². The normalized spacial score (nSPS) is 12.5. The van der Waals surface area contributed by atoms with E-state index in [-0.39, 0.29) is 0 Å². The van der Waals surface area contributed by atoms with Gasteiger partial charge in [-0.05, 0) is 49.1 Å². The van der Waals surface area contributed by atoms with Crippen LogP contribution in [0.5, 0.6) is 5.75 Å². The fourth-order valence-electron chi connectivity index (χ4n) is 2.92. The van der Waals surface area contributed by atoms with Gasteiger partial charge in [-0.1, -0.05) is 6.07 Å². The lowest BCUT2D eigenvalue weighted by atomic mass is 9.86. The van der Waals surface area contributed by atoms with E-state index in [1.807, 2.05) is 26.0 Å². The number of hydrogen-bond acceptors (Lipinski definition) is 5. The van der Waals surface area contributed by atoms with Crippen molar-refractivity contribution in [3.8, 4) is 16.9 Å². The highest BCUT2D eigenvalue weighted by Crippen LogP contribution is 2.38. The molecule has 1 aromatic carbocycles. The molecule has 0 atom stereocenters. The first kappa shape index (κ1) is 14.4. The molecule has 0 fully saturated rings. The number of ether oxygens (including phenoxy) is 1. The summed E-state index contributed by atoms with van der Waals surface area (Å²) >= 11 is 0. The number of hydrogen-bond donors (Lipinski definition) is 0. The van der Waals surface area contributed by atoms with E-state index in [9.17, 15) is 14.7 Å². The number of carboxylic acids is 1. The number of aryl methyl sites for hydroxylation is 1. The van der Waals surface area contributed by atoms with Crippen molar-refractivity contribution in [3.63, 3.8) is 0 Å². The van der Waals surface area contributed by atoms with Crippen LogP contribution in [0.4, 0.5) is 0 Å². The Hall–Kier alpha value is -2.56. The Kier molecular flexibility index (Phi) is 3.48. The second-order valence-electron chi connectivity index (χ2n) is 5.22. The summed E-state index contributed by atoms with van der Waals surface area (Å²) in [5, 5.41) is 11.0. The Morgan fingerprint density at radius 2 is 2.09 bits per heavy atom. The largest absolute Gasteiger partial charge is 0.545 e. The van der Waals surface area contributed by atoms with Crippen LogP contribution in [0.1, 0.15) is 34.2 Å². The lowest BCUT2D eigenvalue weighted by Gasteiger charge is -2.22. The molecule has 3 rings (SSSR count). The average molecular weight is 299 g/mol. The number of aromatic carboxylic acids is 1. The molecule has 0 N–H and O–H groups in total. The van der Waals surface area contributed by atoms with Gasteiger partial charge >= 0.3 is 5.63 Å². The average Bonchev–Trinajstić information content (AvgIpc) is 2.48. The summed E-state index contributed by atoms with van der Waals surface area (Å²) < 4.78 is 10.8. The summed E-state index contributed by atoms with van der Waals surface area (Å²) in [7, 11) is 0. The fourth-order valence-corrected chi connectivity index (χ4v) is 2.92. The molecular weight excluding hydrogens is 284 g/mol. The third kappa shape index (κ3) is 2.19. The van der Waals surface area contributed by atoms with Crippen LogP contribution in [0.15, 0.2) is 27.4 Å². The third-order valence-electron chi connectivity index (χ3n) is 3.99. The van der Waals surface area contributed by atoms with E-state index in [2.05, 4.69) is 0 Å². The zero-order chi connectivity index (χ0) is 15.9. The Morgan fingerprint density at radius 1 is 1.32 bits per heavy atom. The first-order valence-electron chi connectivity index (χ1n) is 7.17. The van der Waals surface area contributed by atoms with Gasteiger partial charge in [0.1, 0.15) is 11.5 Å². The number of fused-ring (bicyclic) bond motifs is 3. The van der Waals surface area contributed by atoms with Gasteiger partial charge in [-0.2, -0.15) is 0 Å². The van der Waals surface area contributed by atoms with Gasteiger partial charge in [-0.25, -0.2) is 4.79 Å². The molecule has 2 aromatic rings. The minimum Gasteiger partial charge on any atom is -0.545 e. The second-order valence-corrected chi connectivity index (χ2v) is 5.22. The van der Waals surface area contributed by atoms with Crippen molar-refractivity contribution < 1.29 is 19.1 Å². The monoisotopic (exact) mass is 299 g/mol.